The highest BCUT2D eigenvalue weighted by Gasteiger charge is 2.14. The minimum absolute atomic E-state index is 0.240. The van der Waals surface area contributed by atoms with Gasteiger partial charge in [0.25, 0.3) is 5.91 Å². The van der Waals surface area contributed by atoms with Gasteiger partial charge in [0.2, 0.25) is 0 Å². The van der Waals surface area contributed by atoms with Gasteiger partial charge in [0.05, 0.1) is 19.8 Å². The topological polar surface area (TPSA) is 73.6 Å². The number of hydrogen-bond acceptors (Lipinski definition) is 4. The Labute approximate surface area is 107 Å². The van der Waals surface area contributed by atoms with Crippen molar-refractivity contribution in [1.29, 1.82) is 0 Å². The number of carbonyl (C=O) groups is 1. The molecule has 1 rings (SSSR count). The van der Waals surface area contributed by atoms with Crippen molar-refractivity contribution in [1.82, 2.24) is 5.32 Å². The molecule has 0 atom stereocenters. The van der Waals surface area contributed by atoms with Gasteiger partial charge < -0.3 is 20.5 Å². The highest BCUT2D eigenvalue weighted by Crippen LogP contribution is 2.31. The summed E-state index contributed by atoms with van der Waals surface area (Å²) in [5.74, 6) is 0.730. The van der Waals surface area contributed by atoms with Crippen molar-refractivity contribution in [3.05, 3.63) is 30.4 Å². The lowest BCUT2D eigenvalue weighted by molar-refractivity contribution is 0.0955. The number of amides is 1. The summed E-state index contributed by atoms with van der Waals surface area (Å²) in [6.07, 6.45) is 2.44. The number of ether oxygens (including phenoxy) is 2. The Morgan fingerprint density at radius 2 is 2.00 bits per heavy atom. The lowest BCUT2D eigenvalue weighted by Crippen LogP contribution is -2.25. The van der Waals surface area contributed by atoms with E-state index in [9.17, 15) is 4.79 Å². The molecule has 0 aliphatic heterocycles. The molecule has 0 radical (unpaired) electrons. The number of nitrogens with two attached hydrogens (primary N) is 1. The van der Waals surface area contributed by atoms with Gasteiger partial charge in [0.15, 0.2) is 11.5 Å². The molecular formula is C13H18N2O3. The van der Waals surface area contributed by atoms with Crippen molar-refractivity contribution < 1.29 is 14.3 Å². The van der Waals surface area contributed by atoms with E-state index in [1.165, 1.54) is 14.2 Å². The molecule has 0 unspecified atom stereocenters. The molecule has 5 heteroatoms. The molecule has 98 valence electrons. The Kier molecular flexibility index (Phi) is 5.05. The Balaban J connectivity index is 2.94. The van der Waals surface area contributed by atoms with Crippen LogP contribution in [0.15, 0.2) is 24.8 Å². The standard InChI is InChI=1S/C13H18N2O3/c1-4-5-6-15-13(16)9-7-11(17-2)12(18-3)8-10(9)14/h4,7-8H,1,5-6,14H2,2-3H3,(H,15,16). The van der Waals surface area contributed by atoms with Gasteiger partial charge in [-0.1, -0.05) is 6.08 Å². The van der Waals surface area contributed by atoms with Gasteiger partial charge in [0, 0.05) is 18.3 Å². The lowest BCUT2D eigenvalue weighted by Gasteiger charge is -2.12. The van der Waals surface area contributed by atoms with E-state index in [4.69, 9.17) is 15.2 Å². The molecule has 1 amide bonds. The fraction of sp³-hybridized carbons (Fsp3) is 0.308. The maximum atomic E-state index is 11.9. The highest BCUT2D eigenvalue weighted by atomic mass is 16.5. The van der Waals surface area contributed by atoms with Crippen LogP contribution < -0.4 is 20.5 Å². The monoisotopic (exact) mass is 250 g/mol. The largest absolute Gasteiger partial charge is 0.493 e. The number of nitrogens with one attached hydrogen (secondary N) is 1. The van der Waals surface area contributed by atoms with Gasteiger partial charge in [-0.25, -0.2) is 0 Å². The third-order valence-corrected chi connectivity index (χ3v) is 2.43. The van der Waals surface area contributed by atoms with Crippen LogP contribution in [-0.2, 0) is 0 Å². The summed E-state index contributed by atoms with van der Waals surface area (Å²) < 4.78 is 10.2. The van der Waals surface area contributed by atoms with Crippen LogP contribution in [0.3, 0.4) is 0 Å². The smallest absolute Gasteiger partial charge is 0.253 e. The molecule has 0 fully saturated rings. The third-order valence-electron chi connectivity index (χ3n) is 2.43. The number of methoxy groups -OCH3 is 2. The first-order valence-electron chi connectivity index (χ1n) is 5.54. The highest BCUT2D eigenvalue weighted by molar-refractivity contribution is 6.00. The van der Waals surface area contributed by atoms with Gasteiger partial charge in [-0.05, 0) is 12.5 Å². The molecule has 0 aliphatic rings. The summed E-state index contributed by atoms with van der Waals surface area (Å²) >= 11 is 0. The fourth-order valence-corrected chi connectivity index (χ4v) is 1.47. The first-order chi connectivity index (χ1) is 8.63. The van der Waals surface area contributed by atoms with Crippen molar-refractivity contribution in [2.45, 2.75) is 6.42 Å². The van der Waals surface area contributed by atoms with Crippen molar-refractivity contribution >= 4 is 11.6 Å². The molecule has 1 aromatic carbocycles. The second-order valence-corrected chi connectivity index (χ2v) is 3.63. The summed E-state index contributed by atoms with van der Waals surface area (Å²) in [7, 11) is 3.02. The molecule has 0 saturated carbocycles. The van der Waals surface area contributed by atoms with Crippen LogP contribution in [0.4, 0.5) is 5.69 Å². The van der Waals surface area contributed by atoms with Gasteiger partial charge in [-0.15, -0.1) is 6.58 Å². The van der Waals surface area contributed by atoms with Gasteiger partial charge in [0.1, 0.15) is 0 Å². The van der Waals surface area contributed by atoms with Crippen LogP contribution >= 0.6 is 0 Å². The molecule has 0 heterocycles. The van der Waals surface area contributed by atoms with Crippen molar-refractivity contribution in [3.8, 4) is 11.5 Å². The maximum Gasteiger partial charge on any atom is 0.253 e. The quantitative estimate of drug-likeness (QED) is 0.457. The minimum atomic E-state index is -0.240. The molecule has 1 aromatic rings. The molecular weight excluding hydrogens is 232 g/mol. The predicted molar refractivity (Wildman–Crippen MR) is 71.1 cm³/mol. The van der Waals surface area contributed by atoms with Crippen molar-refractivity contribution in [2.24, 2.45) is 0 Å². The van der Waals surface area contributed by atoms with Crippen LogP contribution in [-0.4, -0.2) is 26.7 Å². The summed E-state index contributed by atoms with van der Waals surface area (Å²) in [5.41, 5.74) is 6.53. The number of nitrogen functional groups attached to an aromatic ring is 1. The van der Waals surface area contributed by atoms with Crippen LogP contribution in [0.25, 0.3) is 0 Å². The second-order valence-electron chi connectivity index (χ2n) is 3.63. The molecule has 0 bridgehead atoms. The van der Waals surface area contributed by atoms with E-state index in [1.807, 2.05) is 0 Å². The number of carbonyl (C=O) groups excluding carboxylic acids is 1. The van der Waals surface area contributed by atoms with Crippen LogP contribution in [0.5, 0.6) is 11.5 Å². The van der Waals surface area contributed by atoms with Crippen molar-refractivity contribution in [3.63, 3.8) is 0 Å². The first kappa shape index (κ1) is 13.9. The molecule has 18 heavy (non-hydrogen) atoms. The Morgan fingerprint density at radius 3 is 2.56 bits per heavy atom. The molecule has 3 N–H and O–H groups in total. The minimum Gasteiger partial charge on any atom is -0.493 e. The van der Waals surface area contributed by atoms with Crippen LogP contribution in [0, 0.1) is 0 Å². The average Bonchev–Trinajstić information content (AvgIpc) is 2.38. The third kappa shape index (κ3) is 3.16. The van der Waals surface area contributed by atoms with E-state index in [2.05, 4.69) is 11.9 Å². The second kappa shape index (κ2) is 6.54. The van der Waals surface area contributed by atoms with Crippen LogP contribution in [0.2, 0.25) is 0 Å². The van der Waals surface area contributed by atoms with E-state index < -0.39 is 0 Å². The Hall–Kier alpha value is -2.17. The van der Waals surface area contributed by atoms with E-state index >= 15 is 0 Å². The molecule has 0 spiro atoms. The first-order valence-corrected chi connectivity index (χ1v) is 5.54. The molecule has 0 saturated heterocycles. The SMILES string of the molecule is C=CCCNC(=O)c1cc(OC)c(OC)cc1N. The number of hydrogen-bond donors (Lipinski definition) is 2. The number of benzene rings is 1. The Bertz CT molecular complexity index is 444. The predicted octanol–water partition coefficient (Wildman–Crippen LogP) is 1.59. The van der Waals surface area contributed by atoms with Gasteiger partial charge in [-0.3, -0.25) is 4.79 Å². The zero-order valence-electron chi connectivity index (χ0n) is 10.7. The molecule has 0 aliphatic carbocycles. The fourth-order valence-electron chi connectivity index (χ4n) is 1.47. The zero-order valence-corrected chi connectivity index (χ0v) is 10.7. The lowest BCUT2D eigenvalue weighted by atomic mass is 10.1. The van der Waals surface area contributed by atoms with E-state index in [-0.39, 0.29) is 5.91 Å². The number of anilines is 1. The average molecular weight is 250 g/mol. The molecule has 5 nitrogen and oxygen atoms in total. The Morgan fingerprint density at radius 1 is 1.39 bits per heavy atom. The van der Waals surface area contributed by atoms with E-state index in [1.54, 1.807) is 18.2 Å². The van der Waals surface area contributed by atoms with E-state index in [0.717, 1.165) is 0 Å². The zero-order chi connectivity index (χ0) is 13.5. The van der Waals surface area contributed by atoms with Crippen LogP contribution in [0.1, 0.15) is 16.8 Å². The number of rotatable bonds is 6. The normalized spacial score (nSPS) is 9.67. The van der Waals surface area contributed by atoms with E-state index in [0.29, 0.717) is 35.7 Å². The van der Waals surface area contributed by atoms with Crippen molar-refractivity contribution in [2.75, 3.05) is 26.5 Å². The molecule has 0 aromatic heterocycles. The van der Waals surface area contributed by atoms with Gasteiger partial charge >= 0.3 is 0 Å². The summed E-state index contributed by atoms with van der Waals surface area (Å²) in [5, 5.41) is 2.74. The maximum absolute atomic E-state index is 11.9. The van der Waals surface area contributed by atoms with Gasteiger partial charge in [-0.2, -0.15) is 0 Å². The summed E-state index contributed by atoms with van der Waals surface area (Å²) in [4.78, 5) is 11.9. The summed E-state index contributed by atoms with van der Waals surface area (Å²) in [6.45, 7) is 4.11. The summed E-state index contributed by atoms with van der Waals surface area (Å²) in [6, 6.07) is 3.14.